The standard InChI is InChI=1S/C56H39N3/c1-56(2)51-27-25-43(34-49(51)50-35-48(57-3)26-28-52(50)56)41-22-13-21-40(29-41)42-23-14-24-44(30-42)53-36-54(59-55(58-53)39-19-11-6-12-20-39)47-32-45(37-15-7-4-8-16-37)31-46(33-47)38-17-9-5-10-18-38/h4-36H,1-2H3. The quantitative estimate of drug-likeness (QED) is 0.152. The summed E-state index contributed by atoms with van der Waals surface area (Å²) >= 11 is 0. The van der Waals surface area contributed by atoms with Crippen LogP contribution in [0.5, 0.6) is 0 Å². The van der Waals surface area contributed by atoms with Gasteiger partial charge in [-0.05, 0) is 115 Å². The molecule has 0 saturated carbocycles. The van der Waals surface area contributed by atoms with E-state index in [2.05, 4.69) is 189 Å². The van der Waals surface area contributed by atoms with E-state index >= 15 is 0 Å². The molecule has 1 aliphatic carbocycles. The van der Waals surface area contributed by atoms with Crippen molar-refractivity contribution in [2.45, 2.75) is 19.3 Å². The van der Waals surface area contributed by atoms with E-state index in [1.807, 2.05) is 30.3 Å². The molecule has 0 saturated heterocycles. The zero-order valence-corrected chi connectivity index (χ0v) is 32.9. The highest BCUT2D eigenvalue weighted by Gasteiger charge is 2.35. The summed E-state index contributed by atoms with van der Waals surface area (Å²) in [7, 11) is 0. The summed E-state index contributed by atoms with van der Waals surface area (Å²) in [4.78, 5) is 14.2. The van der Waals surface area contributed by atoms with Crippen LogP contribution in [0.15, 0.2) is 200 Å². The number of fused-ring (bicyclic) bond motifs is 3. The summed E-state index contributed by atoms with van der Waals surface area (Å²) in [6.45, 7) is 12.2. The number of hydrogen-bond acceptors (Lipinski definition) is 2. The van der Waals surface area contributed by atoms with E-state index in [-0.39, 0.29) is 5.41 Å². The van der Waals surface area contributed by atoms with E-state index in [1.54, 1.807) is 0 Å². The minimum absolute atomic E-state index is 0.123. The summed E-state index contributed by atoms with van der Waals surface area (Å²) < 4.78 is 0. The van der Waals surface area contributed by atoms with Crippen LogP contribution in [0, 0.1) is 6.57 Å². The third-order valence-corrected chi connectivity index (χ3v) is 11.7. The van der Waals surface area contributed by atoms with Gasteiger partial charge in [-0.3, -0.25) is 0 Å². The summed E-state index contributed by atoms with van der Waals surface area (Å²) in [5, 5.41) is 0. The lowest BCUT2D eigenvalue weighted by atomic mass is 9.82. The molecule has 0 spiro atoms. The van der Waals surface area contributed by atoms with Gasteiger partial charge in [0.1, 0.15) is 0 Å². The summed E-state index contributed by atoms with van der Waals surface area (Å²) in [6.07, 6.45) is 0. The van der Waals surface area contributed by atoms with E-state index in [4.69, 9.17) is 16.5 Å². The zero-order valence-electron chi connectivity index (χ0n) is 32.9. The van der Waals surface area contributed by atoms with Gasteiger partial charge in [-0.2, -0.15) is 0 Å². The molecule has 8 aromatic carbocycles. The molecular weight excluding hydrogens is 715 g/mol. The molecule has 9 aromatic rings. The van der Waals surface area contributed by atoms with Gasteiger partial charge in [0.25, 0.3) is 0 Å². The van der Waals surface area contributed by atoms with Crippen molar-refractivity contribution in [3.05, 3.63) is 223 Å². The van der Waals surface area contributed by atoms with Crippen LogP contribution >= 0.6 is 0 Å². The van der Waals surface area contributed by atoms with Gasteiger partial charge in [-0.1, -0.05) is 166 Å². The summed E-state index contributed by atoms with van der Waals surface area (Å²) in [5.74, 6) is 0.682. The molecule has 0 N–H and O–H groups in total. The Morgan fingerprint density at radius 3 is 1.36 bits per heavy atom. The predicted molar refractivity (Wildman–Crippen MR) is 244 cm³/mol. The predicted octanol–water partition coefficient (Wildman–Crippen LogP) is 15.0. The van der Waals surface area contributed by atoms with E-state index < -0.39 is 0 Å². The van der Waals surface area contributed by atoms with Crippen LogP contribution < -0.4 is 0 Å². The fourth-order valence-corrected chi connectivity index (χ4v) is 8.57. The van der Waals surface area contributed by atoms with Crippen LogP contribution in [0.1, 0.15) is 25.0 Å². The molecule has 3 heteroatoms. The first-order chi connectivity index (χ1) is 28.9. The van der Waals surface area contributed by atoms with Crippen molar-refractivity contribution in [1.29, 1.82) is 0 Å². The van der Waals surface area contributed by atoms with Gasteiger partial charge >= 0.3 is 0 Å². The fraction of sp³-hybridized carbons (Fsp3) is 0.0536. The van der Waals surface area contributed by atoms with Crippen LogP contribution in [-0.2, 0) is 5.41 Å². The molecule has 0 unspecified atom stereocenters. The number of benzene rings is 8. The average Bonchev–Trinajstić information content (AvgIpc) is 3.54. The number of rotatable bonds is 7. The van der Waals surface area contributed by atoms with Crippen LogP contribution in [0.25, 0.3) is 94.4 Å². The van der Waals surface area contributed by atoms with Crippen molar-refractivity contribution in [2.75, 3.05) is 0 Å². The van der Waals surface area contributed by atoms with Crippen molar-refractivity contribution in [1.82, 2.24) is 9.97 Å². The number of aromatic nitrogens is 2. The largest absolute Gasteiger partial charge is 0.238 e. The lowest BCUT2D eigenvalue weighted by Crippen LogP contribution is -2.14. The third kappa shape index (κ3) is 6.71. The maximum Gasteiger partial charge on any atom is 0.187 e. The van der Waals surface area contributed by atoms with Gasteiger partial charge in [0, 0.05) is 22.1 Å². The van der Waals surface area contributed by atoms with E-state index in [0.717, 1.165) is 78.1 Å². The molecule has 3 nitrogen and oxygen atoms in total. The molecule has 1 aromatic heterocycles. The Morgan fingerprint density at radius 2 is 0.780 bits per heavy atom. The SMILES string of the molecule is [C-]#[N+]c1ccc2c(c1)-c1cc(-c3cccc(-c4cccc(-c5cc(-c6cc(-c7ccccc7)cc(-c7ccccc7)c6)nc(-c6ccccc6)n5)c4)c3)ccc1C2(C)C. The van der Waals surface area contributed by atoms with E-state index in [1.165, 1.54) is 16.7 Å². The number of nitrogens with zero attached hydrogens (tertiary/aromatic N) is 3. The minimum Gasteiger partial charge on any atom is -0.238 e. The van der Waals surface area contributed by atoms with Gasteiger partial charge in [-0.15, -0.1) is 0 Å². The van der Waals surface area contributed by atoms with Crippen molar-refractivity contribution in [3.63, 3.8) is 0 Å². The van der Waals surface area contributed by atoms with E-state index in [9.17, 15) is 0 Å². The van der Waals surface area contributed by atoms with Crippen LogP contribution in [-0.4, -0.2) is 9.97 Å². The highest BCUT2D eigenvalue weighted by atomic mass is 14.9. The highest BCUT2D eigenvalue weighted by Crippen LogP contribution is 2.50. The van der Waals surface area contributed by atoms with Crippen molar-refractivity contribution >= 4 is 5.69 Å². The molecule has 1 heterocycles. The molecule has 0 radical (unpaired) electrons. The molecule has 0 aliphatic heterocycles. The maximum atomic E-state index is 7.63. The maximum absolute atomic E-state index is 7.63. The fourth-order valence-electron chi connectivity index (χ4n) is 8.57. The first-order valence-electron chi connectivity index (χ1n) is 20.0. The molecule has 278 valence electrons. The Hall–Kier alpha value is -7.67. The van der Waals surface area contributed by atoms with Crippen molar-refractivity contribution < 1.29 is 0 Å². The summed E-state index contributed by atoms with van der Waals surface area (Å²) in [6, 6.07) is 70.6. The summed E-state index contributed by atoms with van der Waals surface area (Å²) in [5.41, 5.74) is 19.3. The van der Waals surface area contributed by atoms with Gasteiger partial charge in [0.15, 0.2) is 11.5 Å². The van der Waals surface area contributed by atoms with Crippen LogP contribution in [0.4, 0.5) is 5.69 Å². The van der Waals surface area contributed by atoms with E-state index in [0.29, 0.717) is 11.5 Å². The minimum atomic E-state index is -0.123. The Bertz CT molecular complexity index is 3010. The van der Waals surface area contributed by atoms with Gasteiger partial charge < -0.3 is 0 Å². The van der Waals surface area contributed by atoms with Gasteiger partial charge in [0.05, 0.1) is 18.0 Å². The second-order valence-corrected chi connectivity index (χ2v) is 15.7. The average molecular weight is 754 g/mol. The first-order valence-corrected chi connectivity index (χ1v) is 20.0. The van der Waals surface area contributed by atoms with Gasteiger partial charge in [0.2, 0.25) is 0 Å². The third-order valence-electron chi connectivity index (χ3n) is 11.7. The Morgan fingerprint density at radius 1 is 0.356 bits per heavy atom. The molecule has 0 amide bonds. The second kappa shape index (κ2) is 14.7. The Balaban J connectivity index is 1.06. The molecular formula is C56H39N3. The monoisotopic (exact) mass is 753 g/mol. The van der Waals surface area contributed by atoms with Crippen LogP contribution in [0.2, 0.25) is 0 Å². The molecule has 0 bridgehead atoms. The lowest BCUT2D eigenvalue weighted by molar-refractivity contribution is 0.660. The zero-order chi connectivity index (χ0) is 39.9. The first kappa shape index (κ1) is 35.7. The van der Waals surface area contributed by atoms with Crippen molar-refractivity contribution in [3.8, 4) is 89.5 Å². The van der Waals surface area contributed by atoms with Crippen molar-refractivity contribution in [2.24, 2.45) is 0 Å². The normalized spacial score (nSPS) is 12.4. The molecule has 1 aliphatic rings. The topological polar surface area (TPSA) is 30.1 Å². The highest BCUT2D eigenvalue weighted by molar-refractivity contribution is 5.88. The van der Waals surface area contributed by atoms with Crippen LogP contribution in [0.3, 0.4) is 0 Å². The van der Waals surface area contributed by atoms with Gasteiger partial charge in [-0.25, -0.2) is 14.8 Å². The number of hydrogen-bond donors (Lipinski definition) is 0. The smallest absolute Gasteiger partial charge is 0.187 e. The Kier molecular flexibility index (Phi) is 8.89. The molecule has 59 heavy (non-hydrogen) atoms. The molecule has 0 atom stereocenters. The second-order valence-electron chi connectivity index (χ2n) is 15.7. The molecule has 10 rings (SSSR count). The molecule has 0 fully saturated rings. The lowest BCUT2D eigenvalue weighted by Gasteiger charge is -2.21. The Labute approximate surface area is 345 Å².